The molecular formula is C14H32N4O2S. The average Bonchev–Trinajstić information content (AvgIpc) is 2.33. The van der Waals surface area contributed by atoms with Crippen molar-refractivity contribution in [2.24, 2.45) is 10.9 Å². The summed E-state index contributed by atoms with van der Waals surface area (Å²) in [6.07, 6.45) is 4.68. The molecule has 7 heteroatoms. The Hall–Kier alpha value is -0.820. The van der Waals surface area contributed by atoms with E-state index in [9.17, 15) is 8.42 Å². The van der Waals surface area contributed by atoms with Gasteiger partial charge in [0.25, 0.3) is 0 Å². The third-order valence-electron chi connectivity index (χ3n) is 2.89. The fourth-order valence-electron chi connectivity index (χ4n) is 1.86. The summed E-state index contributed by atoms with van der Waals surface area (Å²) in [5.41, 5.74) is 0. The molecule has 0 saturated heterocycles. The van der Waals surface area contributed by atoms with Crippen LogP contribution >= 0.6 is 0 Å². The average molecular weight is 321 g/mol. The van der Waals surface area contributed by atoms with Crippen molar-refractivity contribution in [2.75, 3.05) is 25.9 Å². The summed E-state index contributed by atoms with van der Waals surface area (Å²) in [7, 11) is -3.14. The molecule has 1 atom stereocenters. The van der Waals surface area contributed by atoms with Crippen molar-refractivity contribution in [3.63, 3.8) is 0 Å². The highest BCUT2D eigenvalue weighted by molar-refractivity contribution is 7.88. The van der Waals surface area contributed by atoms with Gasteiger partial charge in [-0.3, -0.25) is 4.99 Å². The molecule has 0 aromatic rings. The predicted octanol–water partition coefficient (Wildman–Crippen LogP) is 1.31. The van der Waals surface area contributed by atoms with E-state index in [2.05, 4.69) is 41.1 Å². The van der Waals surface area contributed by atoms with Crippen LogP contribution < -0.4 is 15.4 Å². The van der Waals surface area contributed by atoms with Gasteiger partial charge in [0.05, 0.1) is 12.8 Å². The lowest BCUT2D eigenvalue weighted by molar-refractivity contribution is 0.491. The first-order chi connectivity index (χ1) is 9.74. The molecule has 21 heavy (non-hydrogen) atoms. The number of rotatable bonds is 10. The molecule has 0 heterocycles. The zero-order valence-electron chi connectivity index (χ0n) is 14.1. The van der Waals surface area contributed by atoms with Crippen LogP contribution in [0.25, 0.3) is 0 Å². The lowest BCUT2D eigenvalue weighted by atomic mass is 10.0. The van der Waals surface area contributed by atoms with Gasteiger partial charge in [0, 0.05) is 19.1 Å². The van der Waals surface area contributed by atoms with E-state index in [1.807, 2.05) is 6.92 Å². The molecule has 0 rings (SSSR count). The Balaban J connectivity index is 4.14. The number of nitrogens with zero attached hydrogens (tertiary/aromatic N) is 1. The molecule has 0 saturated carbocycles. The molecule has 1 unspecified atom stereocenters. The first-order valence-electron chi connectivity index (χ1n) is 7.74. The van der Waals surface area contributed by atoms with Crippen molar-refractivity contribution < 1.29 is 8.42 Å². The molecule has 6 nitrogen and oxygen atoms in total. The zero-order chi connectivity index (χ0) is 16.3. The van der Waals surface area contributed by atoms with Gasteiger partial charge in [-0.05, 0) is 26.2 Å². The minimum absolute atomic E-state index is 0.317. The Kier molecular flexibility index (Phi) is 10.4. The molecule has 0 bridgehead atoms. The van der Waals surface area contributed by atoms with Crippen LogP contribution in [0.3, 0.4) is 0 Å². The number of sulfonamides is 1. The van der Waals surface area contributed by atoms with E-state index >= 15 is 0 Å². The Morgan fingerprint density at radius 2 is 1.86 bits per heavy atom. The fraction of sp³-hybridized carbons (Fsp3) is 0.929. The van der Waals surface area contributed by atoms with E-state index in [1.165, 1.54) is 12.8 Å². The lowest BCUT2D eigenvalue weighted by Gasteiger charge is -2.18. The van der Waals surface area contributed by atoms with Crippen molar-refractivity contribution in [1.82, 2.24) is 15.4 Å². The lowest BCUT2D eigenvalue weighted by Crippen LogP contribution is -2.42. The Labute approximate surface area is 130 Å². The molecule has 0 radical (unpaired) electrons. The number of hydrogen-bond donors (Lipinski definition) is 3. The Bertz CT molecular complexity index is 394. The van der Waals surface area contributed by atoms with Gasteiger partial charge in [-0.15, -0.1) is 0 Å². The summed E-state index contributed by atoms with van der Waals surface area (Å²) in [6.45, 7) is 10.1. The maximum Gasteiger partial charge on any atom is 0.208 e. The maximum atomic E-state index is 11.0. The summed E-state index contributed by atoms with van der Waals surface area (Å²) >= 11 is 0. The van der Waals surface area contributed by atoms with E-state index < -0.39 is 10.0 Å². The summed E-state index contributed by atoms with van der Waals surface area (Å²) in [4.78, 5) is 4.37. The van der Waals surface area contributed by atoms with Gasteiger partial charge in [0.2, 0.25) is 10.0 Å². The van der Waals surface area contributed by atoms with Crippen LogP contribution in [0, 0.1) is 5.92 Å². The largest absolute Gasteiger partial charge is 0.357 e. The van der Waals surface area contributed by atoms with Gasteiger partial charge < -0.3 is 10.6 Å². The Morgan fingerprint density at radius 3 is 2.38 bits per heavy atom. The first-order valence-corrected chi connectivity index (χ1v) is 9.63. The highest BCUT2D eigenvalue weighted by Gasteiger charge is 2.06. The molecule has 3 N–H and O–H groups in total. The van der Waals surface area contributed by atoms with Gasteiger partial charge in [-0.25, -0.2) is 13.1 Å². The van der Waals surface area contributed by atoms with Crippen molar-refractivity contribution >= 4 is 16.0 Å². The van der Waals surface area contributed by atoms with Gasteiger partial charge in [0.15, 0.2) is 5.96 Å². The number of hydrogen-bond acceptors (Lipinski definition) is 3. The van der Waals surface area contributed by atoms with Crippen molar-refractivity contribution in [1.29, 1.82) is 0 Å². The second-order valence-corrected chi connectivity index (χ2v) is 7.63. The van der Waals surface area contributed by atoms with Crippen molar-refractivity contribution in [2.45, 2.75) is 53.0 Å². The van der Waals surface area contributed by atoms with Crippen molar-refractivity contribution in [3.8, 4) is 0 Å². The zero-order valence-corrected chi connectivity index (χ0v) is 14.9. The second-order valence-electron chi connectivity index (χ2n) is 5.80. The molecule has 0 aromatic heterocycles. The highest BCUT2D eigenvalue weighted by atomic mass is 32.2. The maximum absolute atomic E-state index is 11.0. The van der Waals surface area contributed by atoms with Gasteiger partial charge in [-0.1, -0.05) is 26.7 Å². The van der Waals surface area contributed by atoms with E-state index in [-0.39, 0.29) is 0 Å². The summed E-state index contributed by atoms with van der Waals surface area (Å²) in [5.74, 6) is 1.48. The molecule has 0 aliphatic carbocycles. The minimum Gasteiger partial charge on any atom is -0.357 e. The molecule has 0 amide bonds. The summed E-state index contributed by atoms with van der Waals surface area (Å²) < 4.78 is 24.4. The van der Waals surface area contributed by atoms with Gasteiger partial charge in [0.1, 0.15) is 0 Å². The molecule has 0 fully saturated rings. The van der Waals surface area contributed by atoms with Gasteiger partial charge in [-0.2, -0.15) is 0 Å². The van der Waals surface area contributed by atoms with Crippen LogP contribution in [0.2, 0.25) is 0 Å². The predicted molar refractivity (Wildman–Crippen MR) is 90.1 cm³/mol. The third kappa shape index (κ3) is 13.9. The quantitative estimate of drug-likeness (QED) is 0.322. The SMILES string of the molecule is CCNC(=NCCNS(C)(=O)=O)NC(C)CCCC(C)C. The van der Waals surface area contributed by atoms with Crippen LogP contribution in [-0.4, -0.2) is 46.3 Å². The van der Waals surface area contributed by atoms with Crippen LogP contribution in [0.15, 0.2) is 4.99 Å². The molecule has 0 aromatic carbocycles. The number of nitrogens with one attached hydrogen (secondary N) is 3. The third-order valence-corrected chi connectivity index (χ3v) is 3.62. The van der Waals surface area contributed by atoms with Crippen LogP contribution in [-0.2, 0) is 10.0 Å². The van der Waals surface area contributed by atoms with E-state index in [1.54, 1.807) is 0 Å². The topological polar surface area (TPSA) is 82.6 Å². The van der Waals surface area contributed by atoms with Crippen LogP contribution in [0.4, 0.5) is 0 Å². The molecule has 0 aliphatic rings. The standard InChI is InChI=1S/C14H32N4O2S/c1-6-15-14(16-10-11-17-21(5,19)20)18-13(4)9-7-8-12(2)3/h12-13,17H,6-11H2,1-5H3,(H2,15,16,18). The summed E-state index contributed by atoms with van der Waals surface area (Å²) in [6, 6.07) is 0.351. The van der Waals surface area contributed by atoms with Crippen LogP contribution in [0.5, 0.6) is 0 Å². The second kappa shape index (κ2) is 10.8. The summed E-state index contributed by atoms with van der Waals surface area (Å²) in [5, 5.41) is 6.52. The first kappa shape index (κ1) is 20.2. The van der Waals surface area contributed by atoms with E-state index in [4.69, 9.17) is 0 Å². The molecular weight excluding hydrogens is 288 g/mol. The van der Waals surface area contributed by atoms with Crippen LogP contribution in [0.1, 0.15) is 47.0 Å². The highest BCUT2D eigenvalue weighted by Crippen LogP contribution is 2.08. The number of guanidine groups is 1. The smallest absolute Gasteiger partial charge is 0.208 e. The normalized spacial score (nSPS) is 14.3. The van der Waals surface area contributed by atoms with Gasteiger partial charge >= 0.3 is 0 Å². The molecule has 0 spiro atoms. The van der Waals surface area contributed by atoms with E-state index in [0.29, 0.717) is 19.1 Å². The number of aliphatic imine (C=N–C) groups is 1. The Morgan fingerprint density at radius 1 is 1.19 bits per heavy atom. The fourth-order valence-corrected chi connectivity index (χ4v) is 2.32. The van der Waals surface area contributed by atoms with Crippen molar-refractivity contribution in [3.05, 3.63) is 0 Å². The molecule has 126 valence electrons. The minimum atomic E-state index is -3.14. The molecule has 0 aliphatic heterocycles. The monoisotopic (exact) mass is 320 g/mol. The van der Waals surface area contributed by atoms with E-state index in [0.717, 1.165) is 31.1 Å².